The Morgan fingerprint density at radius 2 is 2.00 bits per heavy atom. The van der Waals surface area contributed by atoms with E-state index in [0.29, 0.717) is 19.1 Å². The summed E-state index contributed by atoms with van der Waals surface area (Å²) in [6.45, 7) is 5.14. The Bertz CT molecular complexity index is 611. The molecule has 0 amide bonds. The first-order valence-electron chi connectivity index (χ1n) is 9.75. The molecule has 27 heavy (non-hydrogen) atoms. The van der Waals surface area contributed by atoms with E-state index < -0.39 is 0 Å². The van der Waals surface area contributed by atoms with E-state index in [2.05, 4.69) is 13.0 Å². The third-order valence-corrected chi connectivity index (χ3v) is 6.16. The van der Waals surface area contributed by atoms with Gasteiger partial charge in [-0.3, -0.25) is 4.79 Å². The summed E-state index contributed by atoms with van der Waals surface area (Å²) in [5.74, 6) is 1.26. The summed E-state index contributed by atoms with van der Waals surface area (Å²) in [5, 5.41) is -0.223. The molecule has 0 saturated heterocycles. The molecule has 1 aliphatic carbocycles. The molecule has 2 rings (SSSR count). The molecule has 1 aliphatic rings. The maximum absolute atomic E-state index is 12.8. The summed E-state index contributed by atoms with van der Waals surface area (Å²) in [4.78, 5) is 13.9. The molecule has 0 radical (unpaired) electrons. The average Bonchev–Trinajstić information content (AvgIpc) is 2.67. The Hall–Kier alpha value is -1.46. The number of carbonyl (C=O) groups is 1. The van der Waals surface area contributed by atoms with Crippen LogP contribution in [0.4, 0.5) is 0 Å². The molecule has 150 valence electrons. The number of esters is 1. The lowest BCUT2D eigenvalue weighted by Crippen LogP contribution is -2.32. The predicted molar refractivity (Wildman–Crippen MR) is 110 cm³/mol. The van der Waals surface area contributed by atoms with Crippen LogP contribution in [-0.2, 0) is 14.3 Å². The zero-order valence-corrected chi connectivity index (χ0v) is 17.7. The second kappa shape index (κ2) is 11.4. The lowest BCUT2D eigenvalue weighted by molar-refractivity contribution is -0.143. The summed E-state index contributed by atoms with van der Waals surface area (Å²) in [7, 11) is 3.39. The topological polar surface area (TPSA) is 44.8 Å². The largest absolute Gasteiger partial charge is 0.497 e. The second-order valence-corrected chi connectivity index (χ2v) is 8.21. The summed E-state index contributed by atoms with van der Waals surface area (Å²) in [6, 6.07) is 7.89. The summed E-state index contributed by atoms with van der Waals surface area (Å²) in [5.41, 5.74) is 1.38. The van der Waals surface area contributed by atoms with Crippen molar-refractivity contribution in [2.75, 3.05) is 27.4 Å². The van der Waals surface area contributed by atoms with Crippen LogP contribution in [0.3, 0.4) is 0 Å². The van der Waals surface area contributed by atoms with E-state index in [4.69, 9.17) is 14.2 Å². The van der Waals surface area contributed by atoms with Crippen molar-refractivity contribution in [3.05, 3.63) is 35.9 Å². The van der Waals surface area contributed by atoms with Gasteiger partial charge in [0.25, 0.3) is 0 Å². The van der Waals surface area contributed by atoms with Crippen molar-refractivity contribution < 1.29 is 19.0 Å². The molecule has 1 aromatic rings. The summed E-state index contributed by atoms with van der Waals surface area (Å²) >= 11 is 1.60. The minimum Gasteiger partial charge on any atom is -0.497 e. The highest BCUT2D eigenvalue weighted by Gasteiger charge is 2.34. The van der Waals surface area contributed by atoms with Crippen LogP contribution in [-0.4, -0.2) is 38.7 Å². The Morgan fingerprint density at radius 3 is 2.63 bits per heavy atom. The third kappa shape index (κ3) is 6.58. The van der Waals surface area contributed by atoms with Crippen molar-refractivity contribution in [3.8, 4) is 5.75 Å². The molecule has 0 bridgehead atoms. The normalized spacial score (nSPS) is 20.9. The molecule has 5 heteroatoms. The second-order valence-electron chi connectivity index (χ2n) is 6.99. The maximum Gasteiger partial charge on any atom is 0.320 e. The quantitative estimate of drug-likeness (QED) is 0.332. The Morgan fingerprint density at radius 1 is 1.26 bits per heavy atom. The molecule has 4 nitrogen and oxygen atoms in total. The van der Waals surface area contributed by atoms with Gasteiger partial charge < -0.3 is 14.2 Å². The highest BCUT2D eigenvalue weighted by Crippen LogP contribution is 2.40. The molecule has 1 aromatic carbocycles. The van der Waals surface area contributed by atoms with Crippen LogP contribution in [0.15, 0.2) is 40.8 Å². The summed E-state index contributed by atoms with van der Waals surface area (Å²) in [6.07, 6.45) is 6.73. The molecule has 1 saturated carbocycles. The fourth-order valence-electron chi connectivity index (χ4n) is 3.61. The van der Waals surface area contributed by atoms with Gasteiger partial charge in [-0.15, -0.1) is 11.8 Å². The van der Waals surface area contributed by atoms with Crippen molar-refractivity contribution in [3.63, 3.8) is 0 Å². The van der Waals surface area contributed by atoms with Gasteiger partial charge in [0, 0.05) is 17.9 Å². The lowest BCUT2D eigenvalue weighted by atomic mass is 9.80. The Kier molecular flexibility index (Phi) is 9.22. The zero-order chi connectivity index (χ0) is 19.6. The number of hydrogen-bond donors (Lipinski definition) is 0. The minimum absolute atomic E-state index is 0.115. The Balaban J connectivity index is 2.25. The number of carbonyl (C=O) groups excluding carboxylic acids is 1. The van der Waals surface area contributed by atoms with Gasteiger partial charge in [0.1, 0.15) is 11.0 Å². The number of allylic oxidation sites excluding steroid dienone is 1. The fraction of sp³-hybridized carbons (Fsp3) is 0.591. The van der Waals surface area contributed by atoms with Gasteiger partial charge in [0.05, 0.1) is 20.3 Å². The highest BCUT2D eigenvalue weighted by molar-refractivity contribution is 8.00. The smallest absolute Gasteiger partial charge is 0.320 e. The number of hydrogen-bond acceptors (Lipinski definition) is 5. The van der Waals surface area contributed by atoms with Crippen LogP contribution in [0.2, 0.25) is 0 Å². The van der Waals surface area contributed by atoms with Gasteiger partial charge in [-0.05, 0) is 56.4 Å². The molecule has 3 atom stereocenters. The number of ether oxygens (including phenoxy) is 3. The van der Waals surface area contributed by atoms with Crippen LogP contribution in [0.5, 0.6) is 5.75 Å². The van der Waals surface area contributed by atoms with Crippen LogP contribution < -0.4 is 4.74 Å². The van der Waals surface area contributed by atoms with E-state index in [1.54, 1.807) is 26.0 Å². The number of thioether (sulfide) groups is 1. The van der Waals surface area contributed by atoms with Gasteiger partial charge in [-0.25, -0.2) is 0 Å². The fourth-order valence-corrected chi connectivity index (χ4v) is 4.84. The van der Waals surface area contributed by atoms with Gasteiger partial charge >= 0.3 is 5.97 Å². The van der Waals surface area contributed by atoms with Crippen molar-refractivity contribution in [1.29, 1.82) is 0 Å². The highest BCUT2D eigenvalue weighted by atomic mass is 32.2. The van der Waals surface area contributed by atoms with E-state index in [-0.39, 0.29) is 17.1 Å². The first kappa shape index (κ1) is 21.8. The molecule has 0 heterocycles. The van der Waals surface area contributed by atoms with Crippen LogP contribution in [0.1, 0.15) is 39.5 Å². The van der Waals surface area contributed by atoms with Gasteiger partial charge in [0.15, 0.2) is 0 Å². The van der Waals surface area contributed by atoms with Crippen molar-refractivity contribution in [2.24, 2.45) is 11.8 Å². The van der Waals surface area contributed by atoms with Crippen LogP contribution >= 0.6 is 11.8 Å². The van der Waals surface area contributed by atoms with Crippen molar-refractivity contribution in [1.82, 2.24) is 0 Å². The first-order chi connectivity index (χ1) is 13.1. The first-order valence-corrected chi connectivity index (χ1v) is 10.6. The monoisotopic (exact) mass is 392 g/mol. The van der Waals surface area contributed by atoms with Gasteiger partial charge in [-0.2, -0.15) is 0 Å². The van der Waals surface area contributed by atoms with E-state index in [9.17, 15) is 4.79 Å². The lowest BCUT2D eigenvalue weighted by Gasteiger charge is -2.32. The maximum atomic E-state index is 12.8. The number of benzene rings is 1. The minimum atomic E-state index is -0.223. The molecular formula is C22H32O4S. The van der Waals surface area contributed by atoms with E-state index in [1.165, 1.54) is 12.0 Å². The van der Waals surface area contributed by atoms with Gasteiger partial charge in [-0.1, -0.05) is 25.0 Å². The van der Waals surface area contributed by atoms with Crippen LogP contribution in [0, 0.1) is 11.8 Å². The summed E-state index contributed by atoms with van der Waals surface area (Å²) < 4.78 is 16.0. The predicted octanol–water partition coefficient (Wildman–Crippen LogP) is 5.12. The van der Waals surface area contributed by atoms with Crippen LogP contribution in [0.25, 0.3) is 0 Å². The zero-order valence-electron chi connectivity index (χ0n) is 16.9. The van der Waals surface area contributed by atoms with E-state index in [0.717, 1.165) is 29.9 Å². The molecule has 0 spiro atoms. The third-order valence-electron chi connectivity index (χ3n) is 4.84. The van der Waals surface area contributed by atoms with Gasteiger partial charge in [0.2, 0.25) is 0 Å². The van der Waals surface area contributed by atoms with Crippen molar-refractivity contribution in [2.45, 2.75) is 49.7 Å². The van der Waals surface area contributed by atoms with Crippen molar-refractivity contribution >= 4 is 17.7 Å². The molecule has 1 fully saturated rings. The number of rotatable bonds is 9. The molecule has 0 unspecified atom stereocenters. The number of methoxy groups -OCH3 is 2. The average molecular weight is 393 g/mol. The van der Waals surface area contributed by atoms with E-state index in [1.807, 2.05) is 31.2 Å². The SMILES string of the molecule is CCOC(=O)[C@@H](Sc1ccc(OC)cc1)[C@@H]1CCCC/C1=C\[C@@H](C)COC. The molecule has 0 aromatic heterocycles. The molecular weight excluding hydrogens is 360 g/mol. The molecule has 0 aliphatic heterocycles. The Labute approximate surface area is 167 Å². The van der Waals surface area contributed by atoms with E-state index >= 15 is 0 Å². The molecule has 0 N–H and O–H groups in total. The standard InChI is InChI=1S/C22H32O4S/c1-5-26-22(23)21(27-19-12-10-18(25-4)11-13-19)20-9-7-6-8-17(20)14-16(2)15-24-3/h10-14,16,20-21H,5-9,15H2,1-4H3/b17-14+/t16-,20-,21+/m1/s1.